The number of sulfone groups is 1. The molecule has 1 atom stereocenters. The van der Waals surface area contributed by atoms with Crippen LogP contribution in [-0.4, -0.2) is 47.9 Å². The fourth-order valence-electron chi connectivity index (χ4n) is 2.54. The molecule has 0 radical (unpaired) electrons. The summed E-state index contributed by atoms with van der Waals surface area (Å²) in [5.41, 5.74) is 0. The molecule has 0 saturated heterocycles. The fraction of sp³-hybridized carbons (Fsp3) is 0.333. The second-order valence-electron chi connectivity index (χ2n) is 5.67. The summed E-state index contributed by atoms with van der Waals surface area (Å²) < 4.78 is 42.0. The Hall–Kier alpha value is -2.09. The maximum Gasteiger partial charge on any atom is 0.206 e. The summed E-state index contributed by atoms with van der Waals surface area (Å²) >= 11 is 0. The Labute approximate surface area is 147 Å². The highest BCUT2D eigenvalue weighted by Gasteiger charge is 2.24. The average molecular weight is 363 g/mol. The number of hydrogen-bond donors (Lipinski definition) is 1. The Kier molecular flexibility index (Phi) is 5.57. The molecule has 0 bridgehead atoms. The molecule has 1 aliphatic heterocycles. The molecule has 0 saturated carbocycles. The first-order chi connectivity index (χ1) is 12.1. The van der Waals surface area contributed by atoms with Crippen LogP contribution in [0.25, 0.3) is 0 Å². The molecule has 2 aromatic carbocycles. The Morgan fingerprint density at radius 3 is 2.68 bits per heavy atom. The van der Waals surface area contributed by atoms with Gasteiger partial charge < -0.3 is 19.5 Å². The Bertz CT molecular complexity index is 807. The van der Waals surface area contributed by atoms with Gasteiger partial charge in [-0.15, -0.1) is 0 Å². The van der Waals surface area contributed by atoms with Crippen LogP contribution in [0.1, 0.15) is 0 Å². The zero-order chi connectivity index (χ0) is 17.7. The monoisotopic (exact) mass is 363 g/mol. The number of rotatable bonds is 7. The molecule has 134 valence electrons. The topological polar surface area (TPSA) is 73.9 Å². The van der Waals surface area contributed by atoms with Gasteiger partial charge in [-0.3, -0.25) is 0 Å². The largest absolute Gasteiger partial charge is 0.486 e. The van der Waals surface area contributed by atoms with Crippen LogP contribution in [0.2, 0.25) is 0 Å². The molecule has 0 amide bonds. The third-order valence-corrected chi connectivity index (χ3v) is 5.62. The summed E-state index contributed by atoms with van der Waals surface area (Å²) in [7, 11) is -1.94. The molecule has 1 unspecified atom stereocenters. The van der Waals surface area contributed by atoms with E-state index in [9.17, 15) is 8.42 Å². The van der Waals surface area contributed by atoms with E-state index < -0.39 is 9.84 Å². The van der Waals surface area contributed by atoms with Gasteiger partial charge in [0.25, 0.3) is 0 Å². The molecule has 7 heteroatoms. The van der Waals surface area contributed by atoms with Crippen LogP contribution in [0.4, 0.5) is 0 Å². The van der Waals surface area contributed by atoms with Gasteiger partial charge >= 0.3 is 0 Å². The van der Waals surface area contributed by atoms with Crippen molar-refractivity contribution in [2.45, 2.75) is 15.9 Å². The maximum atomic E-state index is 12.7. The summed E-state index contributed by atoms with van der Waals surface area (Å²) in [6.07, 6.45) is -0.181. The SMILES string of the molecule is COCCNCC1COc2ccc(S(=O)(=O)c3ccccc3)cc2O1. The quantitative estimate of drug-likeness (QED) is 0.758. The van der Waals surface area contributed by atoms with Crippen molar-refractivity contribution >= 4 is 9.84 Å². The predicted molar refractivity (Wildman–Crippen MR) is 93.0 cm³/mol. The number of hydrogen-bond acceptors (Lipinski definition) is 6. The lowest BCUT2D eigenvalue weighted by molar-refractivity contribution is 0.0880. The highest BCUT2D eigenvalue weighted by Crippen LogP contribution is 2.35. The van der Waals surface area contributed by atoms with Gasteiger partial charge in [-0.1, -0.05) is 18.2 Å². The Morgan fingerprint density at radius 2 is 1.92 bits per heavy atom. The number of nitrogens with one attached hydrogen (secondary N) is 1. The first-order valence-corrected chi connectivity index (χ1v) is 9.53. The van der Waals surface area contributed by atoms with Gasteiger partial charge in [0, 0.05) is 26.3 Å². The minimum atomic E-state index is -3.58. The van der Waals surface area contributed by atoms with E-state index in [1.807, 2.05) is 0 Å². The third-order valence-electron chi connectivity index (χ3n) is 3.85. The van der Waals surface area contributed by atoms with Crippen LogP contribution in [0, 0.1) is 0 Å². The molecular formula is C18H21NO5S. The van der Waals surface area contributed by atoms with Crippen molar-refractivity contribution in [2.24, 2.45) is 0 Å². The van der Waals surface area contributed by atoms with Gasteiger partial charge in [0.05, 0.1) is 16.4 Å². The summed E-state index contributed by atoms with van der Waals surface area (Å²) in [6, 6.07) is 13.0. The van der Waals surface area contributed by atoms with Crippen LogP contribution in [0.5, 0.6) is 11.5 Å². The van der Waals surface area contributed by atoms with Gasteiger partial charge in [0.1, 0.15) is 12.7 Å². The first-order valence-electron chi connectivity index (χ1n) is 8.04. The molecule has 0 aliphatic carbocycles. The second-order valence-corrected chi connectivity index (χ2v) is 7.62. The lowest BCUT2D eigenvalue weighted by Gasteiger charge is -2.27. The standard InChI is InChI=1S/C18H21NO5S/c1-22-10-9-19-12-14-13-23-17-8-7-16(11-18(17)24-14)25(20,21)15-5-3-2-4-6-15/h2-8,11,14,19H,9-10,12-13H2,1H3. The Morgan fingerprint density at radius 1 is 1.12 bits per heavy atom. The second kappa shape index (κ2) is 7.86. The van der Waals surface area contributed by atoms with Crippen molar-refractivity contribution in [3.8, 4) is 11.5 Å². The molecule has 0 spiro atoms. The van der Waals surface area contributed by atoms with Gasteiger partial charge in [-0.2, -0.15) is 0 Å². The van der Waals surface area contributed by atoms with E-state index in [1.165, 1.54) is 6.07 Å². The van der Waals surface area contributed by atoms with Gasteiger partial charge in [-0.25, -0.2) is 8.42 Å². The fourth-order valence-corrected chi connectivity index (χ4v) is 3.83. The van der Waals surface area contributed by atoms with E-state index in [0.29, 0.717) is 37.8 Å². The van der Waals surface area contributed by atoms with Crippen LogP contribution in [0.3, 0.4) is 0 Å². The van der Waals surface area contributed by atoms with Gasteiger partial charge in [0.15, 0.2) is 11.5 Å². The van der Waals surface area contributed by atoms with Crippen LogP contribution < -0.4 is 14.8 Å². The molecule has 1 heterocycles. The molecule has 6 nitrogen and oxygen atoms in total. The van der Waals surface area contributed by atoms with E-state index in [-0.39, 0.29) is 15.9 Å². The molecule has 2 aromatic rings. The van der Waals surface area contributed by atoms with Gasteiger partial charge in [-0.05, 0) is 24.3 Å². The highest BCUT2D eigenvalue weighted by molar-refractivity contribution is 7.91. The summed E-state index contributed by atoms with van der Waals surface area (Å²) in [4.78, 5) is 0.443. The summed E-state index contributed by atoms with van der Waals surface area (Å²) in [5, 5.41) is 3.21. The van der Waals surface area contributed by atoms with Crippen LogP contribution >= 0.6 is 0 Å². The van der Waals surface area contributed by atoms with E-state index in [1.54, 1.807) is 49.6 Å². The van der Waals surface area contributed by atoms with Crippen LogP contribution in [0.15, 0.2) is 58.3 Å². The predicted octanol–water partition coefficient (Wildman–Crippen LogP) is 1.90. The lowest BCUT2D eigenvalue weighted by atomic mass is 10.2. The van der Waals surface area contributed by atoms with Crippen molar-refractivity contribution in [2.75, 3.05) is 33.4 Å². The van der Waals surface area contributed by atoms with E-state index in [2.05, 4.69) is 5.32 Å². The number of methoxy groups -OCH3 is 1. The molecule has 1 aliphatic rings. The van der Waals surface area contributed by atoms with Crippen LogP contribution in [-0.2, 0) is 14.6 Å². The molecule has 0 fully saturated rings. The van der Waals surface area contributed by atoms with E-state index in [0.717, 1.165) is 0 Å². The zero-order valence-electron chi connectivity index (χ0n) is 14.0. The summed E-state index contributed by atoms with van der Waals surface area (Å²) in [6.45, 7) is 2.34. The number of fused-ring (bicyclic) bond motifs is 1. The van der Waals surface area contributed by atoms with E-state index in [4.69, 9.17) is 14.2 Å². The smallest absolute Gasteiger partial charge is 0.206 e. The minimum absolute atomic E-state index is 0.181. The van der Waals surface area contributed by atoms with Crippen molar-refractivity contribution in [3.63, 3.8) is 0 Å². The lowest BCUT2D eigenvalue weighted by Crippen LogP contribution is -2.39. The van der Waals surface area contributed by atoms with Crippen molar-refractivity contribution in [3.05, 3.63) is 48.5 Å². The number of benzene rings is 2. The minimum Gasteiger partial charge on any atom is -0.486 e. The molecule has 1 N–H and O–H groups in total. The zero-order valence-corrected chi connectivity index (χ0v) is 14.8. The normalized spacial score (nSPS) is 16.6. The maximum absolute atomic E-state index is 12.7. The van der Waals surface area contributed by atoms with Gasteiger partial charge in [0.2, 0.25) is 9.84 Å². The summed E-state index contributed by atoms with van der Waals surface area (Å²) in [5.74, 6) is 1.00. The molecule has 3 rings (SSSR count). The molecular weight excluding hydrogens is 342 g/mol. The average Bonchev–Trinajstić information content (AvgIpc) is 2.65. The Balaban J connectivity index is 1.76. The van der Waals surface area contributed by atoms with Crippen molar-refractivity contribution in [1.29, 1.82) is 0 Å². The molecule has 0 aromatic heterocycles. The third kappa shape index (κ3) is 4.12. The highest BCUT2D eigenvalue weighted by atomic mass is 32.2. The molecule has 25 heavy (non-hydrogen) atoms. The number of ether oxygens (including phenoxy) is 3. The van der Waals surface area contributed by atoms with E-state index >= 15 is 0 Å². The first kappa shape index (κ1) is 17.7. The van der Waals surface area contributed by atoms with Crippen molar-refractivity contribution < 1.29 is 22.6 Å². The van der Waals surface area contributed by atoms with Crippen molar-refractivity contribution in [1.82, 2.24) is 5.32 Å².